The first-order valence-corrected chi connectivity index (χ1v) is 12.2. The lowest BCUT2D eigenvalue weighted by molar-refractivity contribution is -0.118. The Morgan fingerprint density at radius 1 is 1.06 bits per heavy atom. The summed E-state index contributed by atoms with van der Waals surface area (Å²) in [7, 11) is -5.56. The molecule has 12 heteroatoms. The molecule has 1 N–H and O–H groups in total. The fraction of sp³-hybridized carbons (Fsp3) is 0.208. The number of imide groups is 1. The van der Waals surface area contributed by atoms with Crippen molar-refractivity contribution in [3.63, 3.8) is 0 Å². The van der Waals surface area contributed by atoms with E-state index in [1.165, 1.54) is 12.4 Å². The summed E-state index contributed by atoms with van der Waals surface area (Å²) in [5.41, 5.74) is -4.00. The third kappa shape index (κ3) is 4.76. The van der Waals surface area contributed by atoms with Gasteiger partial charge < -0.3 is 10.1 Å². The van der Waals surface area contributed by atoms with Crippen molar-refractivity contribution in [1.29, 1.82) is 0 Å². The van der Waals surface area contributed by atoms with Gasteiger partial charge in [0.15, 0.2) is 0 Å². The fourth-order valence-corrected chi connectivity index (χ4v) is 4.55. The van der Waals surface area contributed by atoms with E-state index in [1.807, 2.05) is 30.3 Å². The van der Waals surface area contributed by atoms with Crippen molar-refractivity contribution in [2.75, 3.05) is 4.90 Å². The number of nitrogens with one attached hydrogen (secondary N) is 1. The highest BCUT2D eigenvalue weighted by molar-refractivity contribution is 7.92. The second kappa shape index (κ2) is 9.61. The van der Waals surface area contributed by atoms with Crippen LogP contribution in [0.3, 0.4) is 0 Å². The van der Waals surface area contributed by atoms with Crippen molar-refractivity contribution in [1.82, 2.24) is 10.3 Å². The largest absolute Gasteiger partial charge is 0.501 e. The fourth-order valence-electron chi connectivity index (χ4n) is 3.79. The second-order valence-corrected chi connectivity index (χ2v) is 9.96. The summed E-state index contributed by atoms with van der Waals surface area (Å²) in [5.74, 6) is -0.772. The number of carbonyl (C=O) groups is 2. The SMILES string of the molecule is CC(c1ccncc1OCc1ccccc1)C1NC(=O)N(c2ccc(S(=O)(=O)C(F)(F)F)cc2)C1=O. The predicted octanol–water partition coefficient (Wildman–Crippen LogP) is 4.18. The number of alkyl halides is 3. The number of benzene rings is 2. The number of pyridine rings is 1. The van der Waals surface area contributed by atoms with Crippen LogP contribution < -0.4 is 15.0 Å². The number of aromatic nitrogens is 1. The van der Waals surface area contributed by atoms with Gasteiger partial charge in [0, 0.05) is 17.7 Å². The van der Waals surface area contributed by atoms with E-state index in [4.69, 9.17) is 4.74 Å². The molecule has 2 heterocycles. The Labute approximate surface area is 204 Å². The molecule has 36 heavy (non-hydrogen) atoms. The molecular weight excluding hydrogens is 499 g/mol. The number of hydrogen-bond acceptors (Lipinski definition) is 6. The number of halogens is 3. The number of hydrogen-bond donors (Lipinski definition) is 1. The lowest BCUT2D eigenvalue weighted by Crippen LogP contribution is -2.35. The average molecular weight is 520 g/mol. The van der Waals surface area contributed by atoms with Crippen LogP contribution in [0.15, 0.2) is 78.0 Å². The van der Waals surface area contributed by atoms with Gasteiger partial charge in [-0.3, -0.25) is 9.78 Å². The van der Waals surface area contributed by atoms with E-state index in [0.29, 0.717) is 23.4 Å². The molecule has 2 atom stereocenters. The van der Waals surface area contributed by atoms with Crippen LogP contribution in [0.5, 0.6) is 5.75 Å². The molecule has 188 valence electrons. The van der Waals surface area contributed by atoms with Crippen LogP contribution in [0.4, 0.5) is 23.7 Å². The Balaban J connectivity index is 1.54. The standard InChI is InChI=1S/C24H20F3N3O5S/c1-15(19-11-12-28-13-20(19)35-14-16-5-3-2-4-6-16)21-22(31)30(23(32)29-21)17-7-9-18(10-8-17)36(33,34)24(25,26)27/h2-13,15,21H,14H2,1H3,(H,29,32). The monoisotopic (exact) mass is 519 g/mol. The molecule has 0 bridgehead atoms. The Kier molecular flexibility index (Phi) is 6.72. The highest BCUT2D eigenvalue weighted by atomic mass is 32.2. The molecule has 1 aliphatic heterocycles. The van der Waals surface area contributed by atoms with E-state index in [-0.39, 0.29) is 12.3 Å². The third-order valence-corrected chi connectivity index (χ3v) is 7.22. The van der Waals surface area contributed by atoms with Gasteiger partial charge in [0.05, 0.1) is 16.8 Å². The molecule has 1 saturated heterocycles. The highest BCUT2D eigenvalue weighted by Gasteiger charge is 2.47. The summed E-state index contributed by atoms with van der Waals surface area (Å²) in [6.07, 6.45) is 3.04. The molecule has 2 aromatic carbocycles. The first-order chi connectivity index (χ1) is 17.0. The molecule has 3 aromatic rings. The van der Waals surface area contributed by atoms with Crippen molar-refractivity contribution in [2.45, 2.75) is 35.9 Å². The lowest BCUT2D eigenvalue weighted by atomic mass is 9.93. The molecule has 1 aliphatic rings. The van der Waals surface area contributed by atoms with Gasteiger partial charge in [-0.25, -0.2) is 18.1 Å². The summed E-state index contributed by atoms with van der Waals surface area (Å²) < 4.78 is 67.5. The first-order valence-electron chi connectivity index (χ1n) is 10.7. The molecule has 0 spiro atoms. The van der Waals surface area contributed by atoms with E-state index in [1.54, 1.807) is 13.0 Å². The summed E-state index contributed by atoms with van der Waals surface area (Å²) in [4.78, 5) is 29.6. The van der Waals surface area contributed by atoms with Crippen LogP contribution in [-0.4, -0.2) is 36.9 Å². The third-order valence-electron chi connectivity index (χ3n) is 5.72. The van der Waals surface area contributed by atoms with Crippen LogP contribution in [0.25, 0.3) is 0 Å². The Morgan fingerprint density at radius 3 is 2.36 bits per heavy atom. The van der Waals surface area contributed by atoms with Gasteiger partial charge in [0.1, 0.15) is 18.4 Å². The van der Waals surface area contributed by atoms with Gasteiger partial charge in [-0.2, -0.15) is 13.2 Å². The van der Waals surface area contributed by atoms with Gasteiger partial charge in [0.2, 0.25) is 0 Å². The summed E-state index contributed by atoms with van der Waals surface area (Å²) in [6.45, 7) is 1.98. The molecule has 1 fully saturated rings. The topological polar surface area (TPSA) is 106 Å². The van der Waals surface area contributed by atoms with Crippen LogP contribution in [0, 0.1) is 0 Å². The van der Waals surface area contributed by atoms with Gasteiger partial charge in [0.25, 0.3) is 15.7 Å². The normalized spacial score (nSPS) is 17.1. The minimum absolute atomic E-state index is 0.0661. The van der Waals surface area contributed by atoms with Crippen LogP contribution >= 0.6 is 0 Å². The number of urea groups is 1. The molecule has 2 unspecified atom stereocenters. The lowest BCUT2D eigenvalue weighted by Gasteiger charge is -2.21. The number of anilines is 1. The van der Waals surface area contributed by atoms with Crippen LogP contribution in [-0.2, 0) is 21.2 Å². The molecule has 0 aliphatic carbocycles. The molecule has 8 nitrogen and oxygen atoms in total. The molecule has 3 amide bonds. The Hall–Kier alpha value is -3.93. The van der Waals surface area contributed by atoms with Crippen molar-refractivity contribution in [3.05, 3.63) is 84.2 Å². The zero-order chi connectivity index (χ0) is 26.1. The number of rotatable bonds is 7. The summed E-state index contributed by atoms with van der Waals surface area (Å²) in [5, 5.41) is 2.58. The van der Waals surface area contributed by atoms with E-state index >= 15 is 0 Å². The first kappa shape index (κ1) is 25.2. The molecule has 0 saturated carbocycles. The minimum Gasteiger partial charge on any atom is -0.487 e. The van der Waals surface area contributed by atoms with Crippen LogP contribution in [0.1, 0.15) is 24.0 Å². The number of carbonyl (C=O) groups excluding carboxylic acids is 2. The Bertz CT molecular complexity index is 1380. The number of amides is 3. The quantitative estimate of drug-likeness (QED) is 0.470. The summed E-state index contributed by atoms with van der Waals surface area (Å²) >= 11 is 0. The number of nitrogens with zero attached hydrogens (tertiary/aromatic N) is 2. The number of ether oxygens (including phenoxy) is 1. The smallest absolute Gasteiger partial charge is 0.487 e. The van der Waals surface area contributed by atoms with E-state index < -0.39 is 44.1 Å². The highest BCUT2D eigenvalue weighted by Crippen LogP contribution is 2.34. The average Bonchev–Trinajstić information content (AvgIpc) is 3.16. The zero-order valence-electron chi connectivity index (χ0n) is 18.8. The molecule has 0 radical (unpaired) electrons. The molecule has 1 aromatic heterocycles. The van der Waals surface area contributed by atoms with E-state index in [0.717, 1.165) is 22.6 Å². The molecular formula is C24H20F3N3O5S. The number of sulfone groups is 1. The van der Waals surface area contributed by atoms with Crippen molar-refractivity contribution in [3.8, 4) is 5.75 Å². The zero-order valence-corrected chi connectivity index (χ0v) is 19.6. The maximum Gasteiger partial charge on any atom is 0.501 e. The second-order valence-electron chi connectivity index (χ2n) is 8.02. The Morgan fingerprint density at radius 2 is 1.72 bits per heavy atom. The van der Waals surface area contributed by atoms with Crippen molar-refractivity contribution < 1.29 is 35.9 Å². The van der Waals surface area contributed by atoms with Gasteiger partial charge in [-0.15, -0.1) is 0 Å². The van der Waals surface area contributed by atoms with E-state index in [2.05, 4.69) is 10.3 Å². The van der Waals surface area contributed by atoms with Gasteiger partial charge in [-0.1, -0.05) is 37.3 Å². The maximum absolute atomic E-state index is 13.2. The van der Waals surface area contributed by atoms with Gasteiger partial charge in [-0.05, 0) is 35.9 Å². The summed E-state index contributed by atoms with van der Waals surface area (Å²) in [6, 6.07) is 12.6. The predicted molar refractivity (Wildman–Crippen MR) is 123 cm³/mol. The van der Waals surface area contributed by atoms with Crippen LogP contribution in [0.2, 0.25) is 0 Å². The maximum atomic E-state index is 13.2. The van der Waals surface area contributed by atoms with Crippen molar-refractivity contribution in [2.24, 2.45) is 0 Å². The van der Waals surface area contributed by atoms with E-state index in [9.17, 15) is 31.2 Å². The minimum atomic E-state index is -5.56. The van der Waals surface area contributed by atoms with Gasteiger partial charge >= 0.3 is 11.5 Å². The van der Waals surface area contributed by atoms with Crippen molar-refractivity contribution >= 4 is 27.5 Å². The molecule has 4 rings (SSSR count).